The molecular formula is C27H32N2O5. The van der Waals surface area contributed by atoms with Gasteiger partial charge in [-0.2, -0.15) is 0 Å². The van der Waals surface area contributed by atoms with Crippen LogP contribution in [-0.2, 0) is 9.59 Å². The van der Waals surface area contributed by atoms with Crippen molar-refractivity contribution in [3.63, 3.8) is 0 Å². The SMILES string of the molecule is C=CCOc1cccc(C2/C(=C(\[O-])c3ccc(OC(C)C)cc3)C(=O)C(=O)N2CC[NH+](C)C)c1. The Labute approximate surface area is 200 Å². The first-order valence-electron chi connectivity index (χ1n) is 11.4. The van der Waals surface area contributed by atoms with E-state index in [4.69, 9.17) is 9.47 Å². The highest BCUT2D eigenvalue weighted by molar-refractivity contribution is 6.46. The van der Waals surface area contributed by atoms with Crippen molar-refractivity contribution in [2.24, 2.45) is 0 Å². The van der Waals surface area contributed by atoms with Gasteiger partial charge in [0, 0.05) is 5.57 Å². The van der Waals surface area contributed by atoms with Gasteiger partial charge in [-0.3, -0.25) is 9.59 Å². The van der Waals surface area contributed by atoms with E-state index < -0.39 is 23.5 Å². The smallest absolute Gasteiger partial charge is 0.295 e. The van der Waals surface area contributed by atoms with Gasteiger partial charge in [-0.05, 0) is 49.2 Å². The van der Waals surface area contributed by atoms with Crippen LogP contribution in [0.25, 0.3) is 5.76 Å². The van der Waals surface area contributed by atoms with Gasteiger partial charge in [0.05, 0.1) is 39.3 Å². The molecule has 1 aliphatic rings. The van der Waals surface area contributed by atoms with Gasteiger partial charge in [0.2, 0.25) is 5.78 Å². The molecule has 1 fully saturated rings. The molecule has 180 valence electrons. The number of carbonyl (C=O) groups excluding carboxylic acids is 2. The molecule has 3 rings (SSSR count). The molecule has 1 aliphatic heterocycles. The third-order valence-corrected chi connectivity index (χ3v) is 5.41. The van der Waals surface area contributed by atoms with E-state index >= 15 is 0 Å². The highest BCUT2D eigenvalue weighted by atomic mass is 16.5. The van der Waals surface area contributed by atoms with Crippen LogP contribution in [0.3, 0.4) is 0 Å². The predicted molar refractivity (Wildman–Crippen MR) is 128 cm³/mol. The number of carbonyl (C=O) groups is 2. The van der Waals surface area contributed by atoms with Crippen molar-refractivity contribution in [1.82, 2.24) is 4.90 Å². The maximum atomic E-state index is 13.5. The zero-order chi connectivity index (χ0) is 24.8. The molecule has 2 aromatic rings. The zero-order valence-corrected chi connectivity index (χ0v) is 20.2. The summed E-state index contributed by atoms with van der Waals surface area (Å²) in [5.74, 6) is -0.680. The van der Waals surface area contributed by atoms with E-state index in [1.165, 1.54) is 4.90 Å². The van der Waals surface area contributed by atoms with Gasteiger partial charge >= 0.3 is 0 Å². The fourth-order valence-electron chi connectivity index (χ4n) is 3.83. The number of likely N-dealkylation sites (N-methyl/N-ethyl adjacent to an activating group) is 1. The molecule has 34 heavy (non-hydrogen) atoms. The van der Waals surface area contributed by atoms with Crippen LogP contribution in [0.5, 0.6) is 11.5 Å². The number of ketones is 1. The van der Waals surface area contributed by atoms with E-state index in [9.17, 15) is 14.7 Å². The Bertz CT molecular complexity index is 1070. The summed E-state index contributed by atoms with van der Waals surface area (Å²) in [5.41, 5.74) is 0.936. The van der Waals surface area contributed by atoms with Gasteiger partial charge in [0.15, 0.2) is 0 Å². The molecule has 1 atom stereocenters. The van der Waals surface area contributed by atoms with Crippen LogP contribution in [0.15, 0.2) is 66.8 Å². The van der Waals surface area contributed by atoms with E-state index in [1.807, 2.05) is 27.9 Å². The number of quaternary nitrogens is 1. The first-order valence-corrected chi connectivity index (χ1v) is 11.4. The third kappa shape index (κ3) is 5.66. The van der Waals surface area contributed by atoms with Crippen molar-refractivity contribution >= 4 is 17.4 Å². The van der Waals surface area contributed by atoms with Gasteiger partial charge in [0.1, 0.15) is 18.1 Å². The van der Waals surface area contributed by atoms with Crippen molar-refractivity contribution in [1.29, 1.82) is 0 Å². The number of nitrogens with zero attached hydrogens (tertiary/aromatic N) is 1. The van der Waals surface area contributed by atoms with Crippen molar-refractivity contribution in [2.75, 3.05) is 33.8 Å². The molecule has 0 saturated carbocycles. The number of rotatable bonds is 10. The molecule has 1 heterocycles. The van der Waals surface area contributed by atoms with Crippen molar-refractivity contribution in [3.05, 3.63) is 77.9 Å². The summed E-state index contributed by atoms with van der Waals surface area (Å²) < 4.78 is 11.3. The molecule has 1 unspecified atom stereocenters. The average Bonchev–Trinajstić information content (AvgIpc) is 3.06. The zero-order valence-electron chi connectivity index (χ0n) is 20.2. The Hall–Kier alpha value is -3.58. The molecule has 0 spiro atoms. The topological polar surface area (TPSA) is 83.3 Å². The molecule has 0 aliphatic carbocycles. The van der Waals surface area contributed by atoms with Crippen LogP contribution in [-0.4, -0.2) is 56.5 Å². The second kappa shape index (κ2) is 11.0. The van der Waals surface area contributed by atoms with Crippen molar-refractivity contribution in [2.45, 2.75) is 26.0 Å². The maximum absolute atomic E-state index is 13.5. The normalized spacial score (nSPS) is 17.5. The number of amides is 1. The fraction of sp³-hybridized carbons (Fsp3) is 0.333. The Kier molecular flexibility index (Phi) is 8.12. The van der Waals surface area contributed by atoms with E-state index in [0.717, 1.165) is 4.90 Å². The molecule has 7 heteroatoms. The Morgan fingerprint density at radius 2 is 1.85 bits per heavy atom. The molecular weight excluding hydrogens is 432 g/mol. The molecule has 0 radical (unpaired) electrons. The van der Waals surface area contributed by atoms with Gasteiger partial charge in [-0.25, -0.2) is 0 Å². The second-order valence-electron chi connectivity index (χ2n) is 8.79. The largest absolute Gasteiger partial charge is 0.872 e. The van der Waals surface area contributed by atoms with E-state index in [2.05, 4.69) is 6.58 Å². The number of likely N-dealkylation sites (tertiary alicyclic amines) is 1. The molecule has 1 amide bonds. The Balaban J connectivity index is 2.08. The minimum atomic E-state index is -0.786. The van der Waals surface area contributed by atoms with Crippen LogP contribution in [0.4, 0.5) is 0 Å². The van der Waals surface area contributed by atoms with Gasteiger partial charge in [-0.1, -0.05) is 42.7 Å². The summed E-state index contributed by atoms with van der Waals surface area (Å²) >= 11 is 0. The van der Waals surface area contributed by atoms with Gasteiger partial charge < -0.3 is 24.4 Å². The number of ether oxygens (including phenoxy) is 2. The number of hydrogen-bond donors (Lipinski definition) is 1. The monoisotopic (exact) mass is 464 g/mol. The van der Waals surface area contributed by atoms with Crippen LogP contribution < -0.4 is 19.5 Å². The quantitative estimate of drug-likeness (QED) is 0.249. The lowest BCUT2D eigenvalue weighted by Crippen LogP contribution is -3.06. The average molecular weight is 465 g/mol. The highest BCUT2D eigenvalue weighted by Gasteiger charge is 2.44. The second-order valence-corrected chi connectivity index (χ2v) is 8.79. The summed E-state index contributed by atoms with van der Waals surface area (Å²) in [5, 5.41) is 13.5. The summed E-state index contributed by atoms with van der Waals surface area (Å²) in [4.78, 5) is 28.7. The molecule has 7 nitrogen and oxygen atoms in total. The van der Waals surface area contributed by atoms with Crippen molar-refractivity contribution in [3.8, 4) is 11.5 Å². The number of hydrogen-bond acceptors (Lipinski definition) is 5. The lowest BCUT2D eigenvalue weighted by Gasteiger charge is -2.28. The van der Waals surface area contributed by atoms with Gasteiger partial charge in [-0.15, -0.1) is 0 Å². The number of nitrogens with one attached hydrogen (secondary N) is 1. The summed E-state index contributed by atoms with van der Waals surface area (Å²) in [7, 11) is 3.94. The van der Waals surface area contributed by atoms with Crippen LogP contribution in [0, 0.1) is 0 Å². The Morgan fingerprint density at radius 1 is 1.15 bits per heavy atom. The summed E-state index contributed by atoms with van der Waals surface area (Å²) in [6, 6.07) is 13.0. The lowest BCUT2D eigenvalue weighted by atomic mass is 9.95. The van der Waals surface area contributed by atoms with Crippen molar-refractivity contribution < 1.29 is 29.1 Å². The van der Waals surface area contributed by atoms with Crippen LogP contribution >= 0.6 is 0 Å². The minimum Gasteiger partial charge on any atom is -0.872 e. The first kappa shape index (κ1) is 25.1. The number of benzene rings is 2. The molecule has 1 N–H and O–H groups in total. The van der Waals surface area contributed by atoms with Crippen LogP contribution in [0.2, 0.25) is 0 Å². The first-order chi connectivity index (χ1) is 16.2. The van der Waals surface area contributed by atoms with Crippen LogP contribution in [0.1, 0.15) is 31.0 Å². The molecule has 2 aromatic carbocycles. The third-order valence-electron chi connectivity index (χ3n) is 5.41. The fourth-order valence-corrected chi connectivity index (χ4v) is 3.83. The molecule has 0 bridgehead atoms. The Morgan fingerprint density at radius 3 is 2.47 bits per heavy atom. The summed E-state index contributed by atoms with van der Waals surface area (Å²) in [6.45, 7) is 8.78. The standard InChI is InChI=1S/C27H32N2O5/c1-6-16-33-22-9-7-8-20(17-22)24-23(26(31)27(32)29(24)15-14-28(4)5)25(30)19-10-12-21(13-11-19)34-18(2)3/h6-13,17-18,24,30H,1,14-16H2,2-5H3/b25-23+. The number of Topliss-reactive ketones (excluding diaryl/α,β-unsaturated/α-hetero) is 1. The van der Waals surface area contributed by atoms with E-state index in [0.29, 0.717) is 42.3 Å². The molecule has 1 saturated heterocycles. The van der Waals surface area contributed by atoms with E-state index in [-0.39, 0.29) is 11.7 Å². The highest BCUT2D eigenvalue weighted by Crippen LogP contribution is 2.39. The summed E-state index contributed by atoms with van der Waals surface area (Å²) in [6.07, 6.45) is 1.63. The lowest BCUT2D eigenvalue weighted by molar-refractivity contribution is -0.857. The minimum absolute atomic E-state index is 0.00249. The predicted octanol–water partition coefficient (Wildman–Crippen LogP) is 1.41. The van der Waals surface area contributed by atoms with E-state index in [1.54, 1.807) is 54.6 Å². The van der Waals surface area contributed by atoms with Gasteiger partial charge in [0.25, 0.3) is 5.91 Å². The maximum Gasteiger partial charge on any atom is 0.295 e. The molecule has 0 aromatic heterocycles.